The van der Waals surface area contributed by atoms with Crippen LogP contribution in [0.15, 0.2) is 67.0 Å². The van der Waals surface area contributed by atoms with Crippen molar-refractivity contribution >= 4 is 5.97 Å². The number of carbonyl (C=O) groups excluding carboxylic acids is 1. The topological polar surface area (TPSA) is 52.1 Å². The van der Waals surface area contributed by atoms with Crippen LogP contribution in [0.25, 0.3) is 11.4 Å². The molecule has 0 amide bonds. The van der Waals surface area contributed by atoms with E-state index < -0.39 is 17.2 Å². The SMILES string of the molecule is C[C@]1(C(=O)OF)[C@H](c2ccccc2)[C@H]1c1ccc(-c2ncc(F)cn2)cc1. The van der Waals surface area contributed by atoms with E-state index >= 15 is 0 Å². The Labute approximate surface area is 154 Å². The summed E-state index contributed by atoms with van der Waals surface area (Å²) in [6.07, 6.45) is 2.22. The first-order chi connectivity index (χ1) is 13.1. The molecule has 3 aromatic rings. The molecule has 0 N–H and O–H groups in total. The summed E-state index contributed by atoms with van der Waals surface area (Å²) in [5, 5.41) is 0. The summed E-state index contributed by atoms with van der Waals surface area (Å²) in [5.74, 6) is -1.34. The number of benzene rings is 2. The van der Waals surface area contributed by atoms with Gasteiger partial charge in [0.15, 0.2) is 11.6 Å². The largest absolute Gasteiger partial charge is 0.355 e. The van der Waals surface area contributed by atoms with E-state index in [2.05, 4.69) is 14.9 Å². The molecule has 0 aliphatic heterocycles. The Balaban J connectivity index is 1.67. The molecule has 27 heavy (non-hydrogen) atoms. The highest BCUT2D eigenvalue weighted by Gasteiger charge is 2.68. The molecular formula is C21H16F2N2O2. The second-order valence-corrected chi connectivity index (χ2v) is 6.86. The molecule has 2 aromatic carbocycles. The van der Waals surface area contributed by atoms with Gasteiger partial charge in [-0.3, -0.25) is 4.94 Å². The Morgan fingerprint density at radius 3 is 2.07 bits per heavy atom. The van der Waals surface area contributed by atoms with Gasteiger partial charge in [0.25, 0.3) is 0 Å². The van der Waals surface area contributed by atoms with E-state index in [4.69, 9.17) is 0 Å². The first kappa shape index (κ1) is 17.3. The van der Waals surface area contributed by atoms with Crippen molar-refractivity contribution in [1.29, 1.82) is 0 Å². The average Bonchev–Trinajstić information content (AvgIpc) is 3.35. The van der Waals surface area contributed by atoms with E-state index in [0.29, 0.717) is 5.82 Å². The van der Waals surface area contributed by atoms with E-state index in [-0.39, 0.29) is 11.8 Å². The van der Waals surface area contributed by atoms with Crippen molar-refractivity contribution in [2.75, 3.05) is 0 Å². The Morgan fingerprint density at radius 2 is 1.52 bits per heavy atom. The molecule has 0 bridgehead atoms. The first-order valence-electron chi connectivity index (χ1n) is 8.51. The molecule has 1 heterocycles. The number of hydrogen-bond acceptors (Lipinski definition) is 4. The second kappa shape index (κ2) is 6.54. The molecule has 1 aliphatic carbocycles. The van der Waals surface area contributed by atoms with Gasteiger partial charge in [-0.05, 0) is 18.1 Å². The van der Waals surface area contributed by atoms with Gasteiger partial charge in [-0.2, -0.15) is 0 Å². The van der Waals surface area contributed by atoms with Crippen LogP contribution in [-0.2, 0) is 9.74 Å². The van der Waals surface area contributed by atoms with Crippen molar-refractivity contribution in [1.82, 2.24) is 9.97 Å². The zero-order valence-electron chi connectivity index (χ0n) is 14.5. The first-order valence-corrected chi connectivity index (χ1v) is 8.51. The van der Waals surface area contributed by atoms with Crippen LogP contribution in [0, 0.1) is 11.2 Å². The predicted molar refractivity (Wildman–Crippen MR) is 94.7 cm³/mol. The lowest BCUT2D eigenvalue weighted by Gasteiger charge is -2.07. The molecule has 1 fully saturated rings. The van der Waals surface area contributed by atoms with Crippen molar-refractivity contribution in [2.45, 2.75) is 18.8 Å². The average molecular weight is 366 g/mol. The molecule has 0 radical (unpaired) electrons. The minimum atomic E-state index is -0.968. The fraction of sp³-hybridized carbons (Fsp3) is 0.190. The number of hydrogen-bond donors (Lipinski definition) is 0. The van der Waals surface area contributed by atoms with Crippen LogP contribution >= 0.6 is 0 Å². The molecule has 0 spiro atoms. The molecule has 1 aromatic heterocycles. The molecule has 1 aliphatic rings. The number of carbonyl (C=O) groups is 1. The lowest BCUT2D eigenvalue weighted by Crippen LogP contribution is -2.15. The molecule has 3 atom stereocenters. The summed E-state index contributed by atoms with van der Waals surface area (Å²) in [5.41, 5.74) is 1.61. The highest BCUT2D eigenvalue weighted by atomic mass is 19.3. The van der Waals surface area contributed by atoms with Gasteiger partial charge in [0.1, 0.15) is 0 Å². The van der Waals surface area contributed by atoms with E-state index in [1.54, 1.807) is 6.92 Å². The molecule has 4 rings (SSSR count). The fourth-order valence-corrected chi connectivity index (χ4v) is 3.89. The lowest BCUT2D eigenvalue weighted by molar-refractivity contribution is -0.190. The number of nitrogens with zero attached hydrogens (tertiary/aromatic N) is 2. The molecule has 0 unspecified atom stereocenters. The Morgan fingerprint density at radius 1 is 0.963 bits per heavy atom. The van der Waals surface area contributed by atoms with E-state index in [9.17, 15) is 13.7 Å². The van der Waals surface area contributed by atoms with Crippen LogP contribution < -0.4 is 0 Å². The highest BCUT2D eigenvalue weighted by molar-refractivity contribution is 5.84. The third kappa shape index (κ3) is 2.87. The third-order valence-corrected chi connectivity index (χ3v) is 5.33. The molecule has 6 heteroatoms. The van der Waals surface area contributed by atoms with Crippen molar-refractivity contribution < 1.29 is 18.7 Å². The zero-order valence-corrected chi connectivity index (χ0v) is 14.5. The quantitative estimate of drug-likeness (QED) is 0.677. The van der Waals surface area contributed by atoms with Gasteiger partial charge in [-0.1, -0.05) is 54.6 Å². The molecular weight excluding hydrogens is 350 g/mol. The van der Waals surface area contributed by atoms with Gasteiger partial charge in [-0.25, -0.2) is 19.2 Å². The third-order valence-electron chi connectivity index (χ3n) is 5.33. The number of aromatic nitrogens is 2. The Kier molecular flexibility index (Phi) is 4.18. The molecule has 136 valence electrons. The summed E-state index contributed by atoms with van der Waals surface area (Å²) in [6.45, 7) is 1.72. The fourth-order valence-electron chi connectivity index (χ4n) is 3.89. The number of halogens is 2. The maximum atomic E-state index is 13.0. The van der Waals surface area contributed by atoms with Crippen molar-refractivity contribution in [3.8, 4) is 11.4 Å². The van der Waals surface area contributed by atoms with Gasteiger partial charge < -0.3 is 0 Å². The van der Waals surface area contributed by atoms with Gasteiger partial charge in [-0.15, -0.1) is 0 Å². The Hall–Kier alpha value is -3.15. The minimum Gasteiger partial charge on any atom is -0.254 e. The summed E-state index contributed by atoms with van der Waals surface area (Å²) in [4.78, 5) is 23.6. The van der Waals surface area contributed by atoms with Crippen molar-refractivity contribution in [3.63, 3.8) is 0 Å². The van der Waals surface area contributed by atoms with Crippen LogP contribution in [0.1, 0.15) is 29.9 Å². The maximum Gasteiger partial charge on any atom is 0.355 e. The predicted octanol–water partition coefficient (Wildman–Crippen LogP) is 4.60. The van der Waals surface area contributed by atoms with E-state index in [1.165, 1.54) is 0 Å². The van der Waals surface area contributed by atoms with Crippen molar-refractivity contribution in [2.24, 2.45) is 5.41 Å². The lowest BCUT2D eigenvalue weighted by atomic mass is 10.00. The van der Waals surface area contributed by atoms with Crippen LogP contribution in [0.3, 0.4) is 0 Å². The highest BCUT2D eigenvalue weighted by Crippen LogP contribution is 2.70. The normalized spacial score (nSPS) is 23.7. The minimum absolute atomic E-state index is 0.171. The molecule has 4 nitrogen and oxygen atoms in total. The summed E-state index contributed by atoms with van der Waals surface area (Å²) < 4.78 is 25.7. The summed E-state index contributed by atoms with van der Waals surface area (Å²) in [6, 6.07) is 16.9. The number of rotatable bonds is 4. The van der Waals surface area contributed by atoms with Crippen LogP contribution in [0.5, 0.6) is 0 Å². The van der Waals surface area contributed by atoms with E-state index in [1.807, 2.05) is 54.6 Å². The molecule has 0 saturated heterocycles. The van der Waals surface area contributed by atoms with Crippen LogP contribution in [0.2, 0.25) is 0 Å². The van der Waals surface area contributed by atoms with Gasteiger partial charge in [0.2, 0.25) is 0 Å². The second-order valence-electron chi connectivity index (χ2n) is 6.86. The van der Waals surface area contributed by atoms with Gasteiger partial charge in [0, 0.05) is 21.9 Å². The zero-order chi connectivity index (χ0) is 19.0. The van der Waals surface area contributed by atoms with Crippen LogP contribution in [-0.4, -0.2) is 15.9 Å². The van der Waals surface area contributed by atoms with E-state index in [0.717, 1.165) is 29.1 Å². The summed E-state index contributed by atoms with van der Waals surface area (Å²) in [7, 11) is 0. The standard InChI is InChI=1S/C21H16F2N2O2/c1-21(20(26)27-23)17(13-5-3-2-4-6-13)18(21)14-7-9-15(10-8-14)19-24-11-16(22)12-25-19/h2-12,17-18H,1H3/t17-,18-,21+/m1/s1. The smallest absolute Gasteiger partial charge is 0.254 e. The van der Waals surface area contributed by atoms with Crippen molar-refractivity contribution in [3.05, 3.63) is 83.9 Å². The van der Waals surface area contributed by atoms with Gasteiger partial charge >= 0.3 is 5.97 Å². The molecule has 1 saturated carbocycles. The Bertz CT molecular complexity index is 962. The van der Waals surface area contributed by atoms with Crippen LogP contribution in [0.4, 0.5) is 8.92 Å². The monoisotopic (exact) mass is 366 g/mol. The van der Waals surface area contributed by atoms with Gasteiger partial charge in [0.05, 0.1) is 17.8 Å². The maximum absolute atomic E-state index is 13.0. The summed E-state index contributed by atoms with van der Waals surface area (Å²) >= 11 is 0.